The minimum absolute atomic E-state index is 0.377. The molecule has 1 heteroatoms. The van der Waals surface area contributed by atoms with Crippen LogP contribution in [0.5, 0.6) is 0 Å². The van der Waals surface area contributed by atoms with E-state index in [1.54, 1.807) is 0 Å². The second kappa shape index (κ2) is 3.16. The summed E-state index contributed by atoms with van der Waals surface area (Å²) in [6.07, 6.45) is 9.27. The Morgan fingerprint density at radius 3 is 2.80 bits per heavy atom. The van der Waals surface area contributed by atoms with E-state index in [4.69, 9.17) is 0 Å². The molecular formula is C9H11N. The van der Waals surface area contributed by atoms with Crippen molar-refractivity contribution >= 4 is 6.72 Å². The quantitative estimate of drug-likeness (QED) is 0.513. The Kier molecular flexibility index (Phi) is 2.21. The Morgan fingerprint density at radius 1 is 1.50 bits per heavy atom. The van der Waals surface area contributed by atoms with E-state index in [0.717, 1.165) is 12.1 Å². The monoisotopic (exact) mass is 133 g/mol. The Morgan fingerprint density at radius 2 is 2.30 bits per heavy atom. The van der Waals surface area contributed by atoms with Gasteiger partial charge in [-0.1, -0.05) is 30.9 Å². The minimum Gasteiger partial charge on any atom is -0.269 e. The fourth-order valence-corrected chi connectivity index (χ4v) is 0.945. The highest BCUT2D eigenvalue weighted by molar-refractivity contribution is 5.31. The zero-order valence-corrected chi connectivity index (χ0v) is 5.96. The molecule has 0 amide bonds. The number of hydrogen-bond donors (Lipinski definition) is 0. The van der Waals surface area contributed by atoms with E-state index < -0.39 is 0 Å². The van der Waals surface area contributed by atoms with Crippen LogP contribution in [-0.4, -0.2) is 6.72 Å². The average molecular weight is 133 g/mol. The van der Waals surface area contributed by atoms with Crippen molar-refractivity contribution in [1.82, 2.24) is 0 Å². The molecule has 0 aromatic carbocycles. The molecule has 1 atom stereocenters. The van der Waals surface area contributed by atoms with Gasteiger partial charge in [0.2, 0.25) is 0 Å². The zero-order chi connectivity index (χ0) is 7.40. The van der Waals surface area contributed by atoms with E-state index in [2.05, 4.69) is 30.4 Å². The van der Waals surface area contributed by atoms with Crippen molar-refractivity contribution in [1.29, 1.82) is 0 Å². The first-order valence-electron chi connectivity index (χ1n) is 3.33. The van der Waals surface area contributed by atoms with Crippen LogP contribution in [0.2, 0.25) is 0 Å². The molecule has 0 saturated carbocycles. The summed E-state index contributed by atoms with van der Waals surface area (Å²) in [4.78, 5) is 3.78. The van der Waals surface area contributed by atoms with Gasteiger partial charge in [0.1, 0.15) is 0 Å². The van der Waals surface area contributed by atoms with Crippen LogP contribution in [0.3, 0.4) is 0 Å². The molecule has 0 fully saturated rings. The summed E-state index contributed by atoms with van der Waals surface area (Å²) >= 11 is 0. The molecule has 0 saturated heterocycles. The van der Waals surface area contributed by atoms with Crippen molar-refractivity contribution in [2.45, 2.75) is 6.42 Å². The topological polar surface area (TPSA) is 12.4 Å². The predicted octanol–water partition coefficient (Wildman–Crippen LogP) is 2.33. The van der Waals surface area contributed by atoms with Crippen LogP contribution in [-0.2, 0) is 0 Å². The van der Waals surface area contributed by atoms with Gasteiger partial charge in [-0.2, -0.15) is 0 Å². The summed E-state index contributed by atoms with van der Waals surface area (Å²) in [6.45, 7) is 7.21. The third-order valence-electron chi connectivity index (χ3n) is 1.61. The van der Waals surface area contributed by atoms with Crippen LogP contribution in [0, 0.1) is 5.92 Å². The molecule has 10 heavy (non-hydrogen) atoms. The number of allylic oxidation sites excluding steroid dienone is 4. The first kappa shape index (κ1) is 7.00. The van der Waals surface area contributed by atoms with Gasteiger partial charge >= 0.3 is 0 Å². The first-order chi connectivity index (χ1) is 4.84. The van der Waals surface area contributed by atoms with Crippen LogP contribution in [0.25, 0.3) is 0 Å². The maximum atomic E-state index is 3.78. The summed E-state index contributed by atoms with van der Waals surface area (Å²) < 4.78 is 0. The van der Waals surface area contributed by atoms with E-state index in [1.165, 1.54) is 0 Å². The maximum Gasteiger partial charge on any atom is 0.0396 e. The van der Waals surface area contributed by atoms with Gasteiger partial charge in [-0.3, -0.25) is 4.99 Å². The van der Waals surface area contributed by atoms with Crippen LogP contribution in [0.4, 0.5) is 0 Å². The summed E-state index contributed by atoms with van der Waals surface area (Å²) in [5.74, 6) is 0.377. The SMILES string of the molecule is C=NC(=C)C1C=CC=CC1. The van der Waals surface area contributed by atoms with Gasteiger partial charge in [-0.15, -0.1) is 0 Å². The molecular weight excluding hydrogens is 122 g/mol. The molecule has 1 nitrogen and oxygen atoms in total. The fraction of sp³-hybridized carbons (Fsp3) is 0.222. The van der Waals surface area contributed by atoms with Crippen molar-refractivity contribution in [3.63, 3.8) is 0 Å². The molecule has 0 spiro atoms. The van der Waals surface area contributed by atoms with Crippen LogP contribution in [0.1, 0.15) is 6.42 Å². The second-order valence-electron chi connectivity index (χ2n) is 2.30. The van der Waals surface area contributed by atoms with Gasteiger partial charge in [0.05, 0.1) is 0 Å². The molecule has 1 rings (SSSR count). The Labute approximate surface area is 61.5 Å². The highest BCUT2D eigenvalue weighted by Gasteiger charge is 2.06. The van der Waals surface area contributed by atoms with Gasteiger partial charge in [0.15, 0.2) is 0 Å². The smallest absolute Gasteiger partial charge is 0.0396 e. The van der Waals surface area contributed by atoms with Gasteiger partial charge < -0.3 is 0 Å². The number of nitrogens with zero attached hydrogens (tertiary/aromatic N) is 1. The van der Waals surface area contributed by atoms with Crippen molar-refractivity contribution < 1.29 is 0 Å². The van der Waals surface area contributed by atoms with Crippen molar-refractivity contribution in [2.75, 3.05) is 0 Å². The summed E-state index contributed by atoms with van der Waals surface area (Å²) in [5, 5.41) is 0. The average Bonchev–Trinajstić information content (AvgIpc) is 2.05. The lowest BCUT2D eigenvalue weighted by atomic mass is 9.98. The van der Waals surface area contributed by atoms with Gasteiger partial charge in [-0.25, -0.2) is 0 Å². The molecule has 52 valence electrons. The Bertz CT molecular complexity index is 199. The third-order valence-corrected chi connectivity index (χ3v) is 1.61. The third kappa shape index (κ3) is 1.44. The molecule has 1 unspecified atom stereocenters. The van der Waals surface area contributed by atoms with E-state index in [-0.39, 0.29) is 0 Å². The van der Waals surface area contributed by atoms with E-state index in [0.29, 0.717) is 5.92 Å². The van der Waals surface area contributed by atoms with Gasteiger partial charge in [0, 0.05) is 11.6 Å². The lowest BCUT2D eigenvalue weighted by molar-refractivity contribution is 0.762. The molecule has 0 heterocycles. The second-order valence-corrected chi connectivity index (χ2v) is 2.30. The standard InChI is InChI=1S/C9H11N/c1-8(10-2)9-6-4-3-5-7-9/h3-6,9H,1-2,7H2. The predicted molar refractivity (Wildman–Crippen MR) is 45.1 cm³/mol. The zero-order valence-electron chi connectivity index (χ0n) is 5.96. The summed E-state index contributed by atoms with van der Waals surface area (Å²) in [7, 11) is 0. The van der Waals surface area contributed by atoms with Crippen molar-refractivity contribution in [3.8, 4) is 0 Å². The van der Waals surface area contributed by atoms with Crippen LogP contribution >= 0.6 is 0 Å². The van der Waals surface area contributed by atoms with Gasteiger partial charge in [-0.05, 0) is 13.1 Å². The van der Waals surface area contributed by atoms with Crippen LogP contribution < -0.4 is 0 Å². The van der Waals surface area contributed by atoms with E-state index >= 15 is 0 Å². The largest absolute Gasteiger partial charge is 0.269 e. The molecule has 0 N–H and O–H groups in total. The van der Waals surface area contributed by atoms with Crippen molar-refractivity contribution in [2.24, 2.45) is 10.9 Å². The molecule has 0 aromatic heterocycles. The fourth-order valence-electron chi connectivity index (χ4n) is 0.945. The number of rotatable bonds is 2. The number of aliphatic imine (C=N–C) groups is 1. The van der Waals surface area contributed by atoms with E-state index in [9.17, 15) is 0 Å². The van der Waals surface area contributed by atoms with Gasteiger partial charge in [0.25, 0.3) is 0 Å². The maximum absolute atomic E-state index is 3.78. The lowest BCUT2D eigenvalue weighted by Gasteiger charge is -2.10. The molecule has 0 bridgehead atoms. The normalized spacial score (nSPS) is 22.6. The van der Waals surface area contributed by atoms with Crippen molar-refractivity contribution in [3.05, 3.63) is 36.6 Å². The highest BCUT2D eigenvalue weighted by Crippen LogP contribution is 2.19. The molecule has 0 aromatic rings. The summed E-state index contributed by atoms with van der Waals surface area (Å²) in [6, 6.07) is 0. The Balaban J connectivity index is 2.59. The van der Waals surface area contributed by atoms with Crippen LogP contribution in [0.15, 0.2) is 41.6 Å². The molecule has 1 aliphatic rings. The Hall–Kier alpha value is -1.11. The minimum atomic E-state index is 0.377. The molecule has 1 aliphatic carbocycles. The van der Waals surface area contributed by atoms with E-state index in [1.807, 2.05) is 12.2 Å². The first-order valence-corrected chi connectivity index (χ1v) is 3.33. The highest BCUT2D eigenvalue weighted by atomic mass is 14.7. The number of hydrogen-bond acceptors (Lipinski definition) is 1. The summed E-state index contributed by atoms with van der Waals surface area (Å²) in [5.41, 5.74) is 0.862. The molecule has 0 aliphatic heterocycles. The molecule has 0 radical (unpaired) electrons. The lowest BCUT2D eigenvalue weighted by Crippen LogP contribution is -1.98.